The third kappa shape index (κ3) is 2.00. The maximum atomic E-state index is 5.27. The van der Waals surface area contributed by atoms with Gasteiger partial charge in [0.1, 0.15) is 5.75 Å². The zero-order valence-electron chi connectivity index (χ0n) is 10.4. The van der Waals surface area contributed by atoms with Gasteiger partial charge in [0, 0.05) is 9.58 Å². The molecule has 0 radical (unpaired) electrons. The van der Waals surface area contributed by atoms with Crippen LogP contribution in [0.25, 0.3) is 20.5 Å². The Morgan fingerprint density at radius 2 is 1.89 bits per heavy atom. The zero-order chi connectivity index (χ0) is 12.5. The van der Waals surface area contributed by atoms with Crippen LogP contribution in [-0.2, 0) is 0 Å². The van der Waals surface area contributed by atoms with E-state index in [-0.39, 0.29) is 0 Å². The fourth-order valence-electron chi connectivity index (χ4n) is 2.08. The fraction of sp³-hybridized carbons (Fsp3) is 0.125. The van der Waals surface area contributed by atoms with Crippen molar-refractivity contribution in [1.29, 1.82) is 0 Å². The van der Waals surface area contributed by atoms with E-state index in [2.05, 4.69) is 43.3 Å². The summed E-state index contributed by atoms with van der Waals surface area (Å²) in [5.41, 5.74) is 2.52. The topological polar surface area (TPSA) is 9.23 Å². The molecule has 0 saturated carbocycles. The van der Waals surface area contributed by atoms with E-state index < -0.39 is 0 Å². The molecule has 0 aliphatic carbocycles. The molecule has 0 bridgehead atoms. The molecule has 0 amide bonds. The quantitative estimate of drug-likeness (QED) is 0.633. The molecule has 2 aromatic carbocycles. The number of benzene rings is 2. The summed E-state index contributed by atoms with van der Waals surface area (Å²) in [5.74, 6) is 0.904. The van der Waals surface area contributed by atoms with Gasteiger partial charge in [0.25, 0.3) is 0 Å². The molecule has 0 N–H and O–H groups in total. The predicted molar refractivity (Wildman–Crippen MR) is 78.6 cm³/mol. The van der Waals surface area contributed by atoms with Gasteiger partial charge in [-0.25, -0.2) is 0 Å². The Morgan fingerprint density at radius 1 is 1.00 bits per heavy atom. The number of fused-ring (bicyclic) bond motifs is 1. The SMILES string of the molecule is COc1cccc(-c2cc3cc(C)ccc3s2)c1. The number of rotatable bonds is 2. The van der Waals surface area contributed by atoms with Crippen molar-refractivity contribution < 1.29 is 4.74 Å². The molecule has 18 heavy (non-hydrogen) atoms. The van der Waals surface area contributed by atoms with Crippen molar-refractivity contribution in [3.05, 3.63) is 54.1 Å². The van der Waals surface area contributed by atoms with Crippen LogP contribution in [0.5, 0.6) is 5.75 Å². The first-order valence-corrected chi connectivity index (χ1v) is 6.72. The molecule has 1 aromatic heterocycles. The normalized spacial score (nSPS) is 10.8. The highest BCUT2D eigenvalue weighted by atomic mass is 32.1. The third-order valence-electron chi connectivity index (χ3n) is 3.03. The second-order valence-electron chi connectivity index (χ2n) is 4.38. The van der Waals surface area contributed by atoms with Crippen molar-refractivity contribution in [2.24, 2.45) is 0 Å². The summed E-state index contributed by atoms with van der Waals surface area (Å²) in [5, 5.41) is 1.32. The molecule has 3 aromatic rings. The first-order chi connectivity index (χ1) is 8.76. The van der Waals surface area contributed by atoms with Gasteiger partial charge in [-0.15, -0.1) is 11.3 Å². The van der Waals surface area contributed by atoms with Crippen LogP contribution >= 0.6 is 11.3 Å². The number of aryl methyl sites for hydroxylation is 1. The molecular weight excluding hydrogens is 240 g/mol. The minimum atomic E-state index is 0.904. The highest BCUT2D eigenvalue weighted by molar-refractivity contribution is 7.22. The van der Waals surface area contributed by atoms with Crippen molar-refractivity contribution in [1.82, 2.24) is 0 Å². The summed E-state index contributed by atoms with van der Waals surface area (Å²) < 4.78 is 6.61. The molecule has 0 aliphatic heterocycles. The first kappa shape index (κ1) is 11.3. The summed E-state index contributed by atoms with van der Waals surface area (Å²) >= 11 is 1.82. The van der Waals surface area contributed by atoms with E-state index in [0.717, 1.165) is 5.75 Å². The van der Waals surface area contributed by atoms with Crippen molar-refractivity contribution >= 4 is 21.4 Å². The van der Waals surface area contributed by atoms with E-state index in [1.165, 1.54) is 26.1 Å². The zero-order valence-corrected chi connectivity index (χ0v) is 11.3. The van der Waals surface area contributed by atoms with Crippen LogP contribution in [0, 0.1) is 6.92 Å². The number of ether oxygens (including phenoxy) is 1. The van der Waals surface area contributed by atoms with E-state index in [9.17, 15) is 0 Å². The van der Waals surface area contributed by atoms with E-state index in [1.54, 1.807) is 7.11 Å². The Balaban J connectivity index is 2.13. The van der Waals surface area contributed by atoms with Crippen molar-refractivity contribution in [3.8, 4) is 16.2 Å². The summed E-state index contributed by atoms with van der Waals surface area (Å²) in [7, 11) is 1.70. The van der Waals surface area contributed by atoms with Gasteiger partial charge in [0.2, 0.25) is 0 Å². The van der Waals surface area contributed by atoms with Crippen LogP contribution in [-0.4, -0.2) is 7.11 Å². The Labute approximate surface area is 111 Å². The van der Waals surface area contributed by atoms with Crippen LogP contribution in [0.15, 0.2) is 48.5 Å². The average molecular weight is 254 g/mol. The van der Waals surface area contributed by atoms with E-state index in [1.807, 2.05) is 23.5 Å². The maximum absolute atomic E-state index is 5.27. The second kappa shape index (κ2) is 4.46. The monoisotopic (exact) mass is 254 g/mol. The fourth-order valence-corrected chi connectivity index (χ4v) is 3.12. The molecular formula is C16H14OS. The smallest absolute Gasteiger partial charge is 0.119 e. The van der Waals surface area contributed by atoms with Gasteiger partial charge < -0.3 is 4.74 Å². The Bertz CT molecular complexity index is 697. The highest BCUT2D eigenvalue weighted by Gasteiger charge is 2.05. The highest BCUT2D eigenvalue weighted by Crippen LogP contribution is 2.35. The van der Waals surface area contributed by atoms with Crippen LogP contribution < -0.4 is 4.74 Å². The molecule has 0 aliphatic rings. The molecule has 0 spiro atoms. The number of hydrogen-bond acceptors (Lipinski definition) is 2. The van der Waals surface area contributed by atoms with Crippen molar-refractivity contribution in [2.75, 3.05) is 7.11 Å². The first-order valence-electron chi connectivity index (χ1n) is 5.91. The number of thiophene rings is 1. The molecule has 1 heterocycles. The lowest BCUT2D eigenvalue weighted by atomic mass is 10.1. The lowest BCUT2D eigenvalue weighted by Gasteiger charge is -2.01. The van der Waals surface area contributed by atoms with Crippen LogP contribution in [0.2, 0.25) is 0 Å². The van der Waals surface area contributed by atoms with E-state index in [4.69, 9.17) is 4.74 Å². The molecule has 0 saturated heterocycles. The van der Waals surface area contributed by atoms with Gasteiger partial charge in [-0.05, 0) is 42.1 Å². The Kier molecular flexibility index (Phi) is 2.80. The molecule has 3 rings (SSSR count). The third-order valence-corrected chi connectivity index (χ3v) is 4.19. The predicted octanol–water partition coefficient (Wildman–Crippen LogP) is 4.89. The molecule has 2 heteroatoms. The van der Waals surface area contributed by atoms with E-state index >= 15 is 0 Å². The van der Waals surface area contributed by atoms with Gasteiger partial charge in [-0.3, -0.25) is 0 Å². The Hall–Kier alpha value is -1.80. The number of hydrogen-bond donors (Lipinski definition) is 0. The molecule has 1 nitrogen and oxygen atoms in total. The van der Waals surface area contributed by atoms with Crippen molar-refractivity contribution in [2.45, 2.75) is 6.92 Å². The standard InChI is InChI=1S/C16H14OS/c1-11-6-7-15-13(8-11)10-16(18-15)12-4-3-5-14(9-12)17-2/h3-10H,1-2H3. The van der Waals surface area contributed by atoms with Gasteiger partial charge in [-0.2, -0.15) is 0 Å². The van der Waals surface area contributed by atoms with Gasteiger partial charge in [0.15, 0.2) is 0 Å². The largest absolute Gasteiger partial charge is 0.497 e. The van der Waals surface area contributed by atoms with E-state index in [0.29, 0.717) is 0 Å². The number of methoxy groups -OCH3 is 1. The minimum Gasteiger partial charge on any atom is -0.497 e. The van der Waals surface area contributed by atoms with Gasteiger partial charge in [0.05, 0.1) is 7.11 Å². The molecule has 0 unspecified atom stereocenters. The van der Waals surface area contributed by atoms with Gasteiger partial charge >= 0.3 is 0 Å². The lowest BCUT2D eigenvalue weighted by Crippen LogP contribution is -1.81. The molecule has 0 atom stereocenters. The summed E-state index contributed by atoms with van der Waals surface area (Å²) in [6, 6.07) is 17.0. The second-order valence-corrected chi connectivity index (χ2v) is 5.47. The molecule has 0 fully saturated rings. The average Bonchev–Trinajstić information content (AvgIpc) is 2.81. The summed E-state index contributed by atoms with van der Waals surface area (Å²) in [6.07, 6.45) is 0. The van der Waals surface area contributed by atoms with Crippen molar-refractivity contribution in [3.63, 3.8) is 0 Å². The summed E-state index contributed by atoms with van der Waals surface area (Å²) in [6.45, 7) is 2.13. The van der Waals surface area contributed by atoms with Crippen LogP contribution in [0.3, 0.4) is 0 Å². The van der Waals surface area contributed by atoms with Crippen LogP contribution in [0.4, 0.5) is 0 Å². The van der Waals surface area contributed by atoms with Gasteiger partial charge in [-0.1, -0.05) is 29.8 Å². The summed E-state index contributed by atoms with van der Waals surface area (Å²) in [4.78, 5) is 1.29. The lowest BCUT2D eigenvalue weighted by molar-refractivity contribution is 0.415. The minimum absolute atomic E-state index is 0.904. The molecule has 90 valence electrons. The Morgan fingerprint density at radius 3 is 2.72 bits per heavy atom. The van der Waals surface area contributed by atoms with Crippen LogP contribution in [0.1, 0.15) is 5.56 Å². The maximum Gasteiger partial charge on any atom is 0.119 e.